The number of nitrogens with one attached hydrogen (secondary N) is 1. The summed E-state index contributed by atoms with van der Waals surface area (Å²) in [6.07, 6.45) is 1.82. The first-order chi connectivity index (χ1) is 8.66. The molecule has 0 aliphatic heterocycles. The van der Waals surface area contributed by atoms with Crippen molar-refractivity contribution in [2.45, 2.75) is 0 Å². The number of rotatable bonds is 2. The summed E-state index contributed by atoms with van der Waals surface area (Å²) in [5, 5.41) is 10.7. The summed E-state index contributed by atoms with van der Waals surface area (Å²) < 4.78 is 1.91. The topological polar surface area (TPSA) is 76.8 Å². The van der Waals surface area contributed by atoms with Gasteiger partial charge in [0.15, 0.2) is 5.82 Å². The van der Waals surface area contributed by atoms with Crippen LogP contribution in [-0.2, 0) is 7.05 Å². The van der Waals surface area contributed by atoms with Gasteiger partial charge in [-0.1, -0.05) is 0 Å². The fourth-order valence-corrected chi connectivity index (χ4v) is 2.01. The van der Waals surface area contributed by atoms with Crippen LogP contribution >= 0.6 is 0 Å². The second-order valence-corrected chi connectivity index (χ2v) is 4.01. The maximum absolute atomic E-state index is 10.7. The van der Waals surface area contributed by atoms with Crippen molar-refractivity contribution in [1.82, 2.24) is 14.5 Å². The maximum atomic E-state index is 10.7. The molecule has 0 atom stereocenters. The molecule has 0 aliphatic rings. The van der Waals surface area contributed by atoms with E-state index in [0.717, 1.165) is 17.0 Å². The highest BCUT2D eigenvalue weighted by molar-refractivity contribution is 5.82. The number of non-ortho nitro benzene ring substituents is 1. The Morgan fingerprint density at radius 1 is 1.39 bits per heavy atom. The van der Waals surface area contributed by atoms with Gasteiger partial charge in [-0.2, -0.15) is 0 Å². The van der Waals surface area contributed by atoms with E-state index in [0.29, 0.717) is 5.52 Å². The molecule has 0 saturated heterocycles. The van der Waals surface area contributed by atoms with Gasteiger partial charge in [0.1, 0.15) is 0 Å². The summed E-state index contributed by atoms with van der Waals surface area (Å²) >= 11 is 0. The Kier molecular flexibility index (Phi) is 2.16. The Hall–Kier alpha value is -2.63. The average Bonchev–Trinajstić information content (AvgIpc) is 2.97. The number of aromatic nitrogens is 3. The number of nitro benzene ring substituents is 1. The van der Waals surface area contributed by atoms with Gasteiger partial charge in [0.25, 0.3) is 5.69 Å². The molecule has 90 valence electrons. The molecule has 2 heterocycles. The second kappa shape index (κ2) is 3.69. The van der Waals surface area contributed by atoms with Gasteiger partial charge in [-0.05, 0) is 18.2 Å². The third-order valence-corrected chi connectivity index (χ3v) is 2.91. The smallest absolute Gasteiger partial charge is 0.271 e. The summed E-state index contributed by atoms with van der Waals surface area (Å²) in [6.45, 7) is 0. The van der Waals surface area contributed by atoms with E-state index in [-0.39, 0.29) is 5.69 Å². The van der Waals surface area contributed by atoms with Crippen LogP contribution in [-0.4, -0.2) is 19.5 Å². The molecule has 1 N–H and O–H groups in total. The van der Waals surface area contributed by atoms with Gasteiger partial charge in [0.05, 0.1) is 21.7 Å². The van der Waals surface area contributed by atoms with Crippen LogP contribution in [0.15, 0.2) is 36.5 Å². The number of nitro groups is 1. The molecule has 0 radical (unpaired) electrons. The van der Waals surface area contributed by atoms with E-state index < -0.39 is 4.92 Å². The number of imidazole rings is 1. The van der Waals surface area contributed by atoms with Crippen molar-refractivity contribution >= 4 is 16.7 Å². The van der Waals surface area contributed by atoms with Gasteiger partial charge in [0.2, 0.25) is 0 Å². The van der Waals surface area contributed by atoms with E-state index in [1.54, 1.807) is 6.07 Å². The lowest BCUT2D eigenvalue weighted by Gasteiger charge is -1.99. The summed E-state index contributed by atoms with van der Waals surface area (Å²) in [7, 11) is 1.89. The summed E-state index contributed by atoms with van der Waals surface area (Å²) in [5.41, 5.74) is 2.43. The lowest BCUT2D eigenvalue weighted by molar-refractivity contribution is -0.384. The SMILES string of the molecule is Cn1c(-c2ccc[nH]2)nc2cc([N+](=O)[O-])ccc21. The summed E-state index contributed by atoms with van der Waals surface area (Å²) in [4.78, 5) is 17.8. The van der Waals surface area contributed by atoms with Gasteiger partial charge in [-0.15, -0.1) is 0 Å². The van der Waals surface area contributed by atoms with Crippen LogP contribution in [0.1, 0.15) is 0 Å². The minimum Gasteiger partial charge on any atom is -0.359 e. The Morgan fingerprint density at radius 2 is 2.22 bits per heavy atom. The summed E-state index contributed by atoms with van der Waals surface area (Å²) in [5.74, 6) is 0.760. The van der Waals surface area contributed by atoms with Crippen LogP contribution in [0.5, 0.6) is 0 Å². The first kappa shape index (κ1) is 10.5. The standard InChI is InChI=1S/C12H10N4O2/c1-15-11-5-4-8(16(17)18)7-10(11)14-12(15)9-3-2-6-13-9/h2-7,13H,1H3. The van der Waals surface area contributed by atoms with Crippen LogP contribution in [0.25, 0.3) is 22.6 Å². The number of fused-ring (bicyclic) bond motifs is 1. The van der Waals surface area contributed by atoms with Crippen molar-refractivity contribution in [3.63, 3.8) is 0 Å². The fraction of sp³-hybridized carbons (Fsp3) is 0.0833. The van der Waals surface area contributed by atoms with E-state index in [1.807, 2.05) is 29.9 Å². The molecule has 0 fully saturated rings. The van der Waals surface area contributed by atoms with Gasteiger partial charge in [-0.3, -0.25) is 10.1 Å². The zero-order chi connectivity index (χ0) is 12.7. The van der Waals surface area contributed by atoms with Crippen LogP contribution in [0.3, 0.4) is 0 Å². The van der Waals surface area contributed by atoms with Crippen molar-refractivity contribution in [2.75, 3.05) is 0 Å². The molecule has 0 bridgehead atoms. The number of aryl methyl sites for hydroxylation is 1. The lowest BCUT2D eigenvalue weighted by Crippen LogP contribution is -1.92. The van der Waals surface area contributed by atoms with Crippen molar-refractivity contribution in [3.05, 3.63) is 46.6 Å². The second-order valence-electron chi connectivity index (χ2n) is 4.01. The van der Waals surface area contributed by atoms with Gasteiger partial charge >= 0.3 is 0 Å². The highest BCUT2D eigenvalue weighted by Gasteiger charge is 2.13. The van der Waals surface area contributed by atoms with Crippen molar-refractivity contribution in [3.8, 4) is 11.5 Å². The molecular formula is C12H10N4O2. The predicted octanol–water partition coefficient (Wildman–Crippen LogP) is 2.48. The van der Waals surface area contributed by atoms with Crippen LogP contribution in [0, 0.1) is 10.1 Å². The van der Waals surface area contributed by atoms with Gasteiger partial charge in [0, 0.05) is 25.4 Å². The minimum absolute atomic E-state index is 0.0543. The van der Waals surface area contributed by atoms with E-state index in [1.165, 1.54) is 12.1 Å². The van der Waals surface area contributed by atoms with Crippen LogP contribution in [0.2, 0.25) is 0 Å². The molecule has 3 aromatic rings. The van der Waals surface area contributed by atoms with Crippen molar-refractivity contribution < 1.29 is 4.92 Å². The highest BCUT2D eigenvalue weighted by atomic mass is 16.6. The molecule has 0 aliphatic carbocycles. The van der Waals surface area contributed by atoms with Gasteiger partial charge in [-0.25, -0.2) is 4.98 Å². The van der Waals surface area contributed by atoms with Crippen molar-refractivity contribution in [2.24, 2.45) is 7.05 Å². The zero-order valence-corrected chi connectivity index (χ0v) is 9.62. The first-order valence-corrected chi connectivity index (χ1v) is 5.41. The molecule has 2 aromatic heterocycles. The minimum atomic E-state index is -0.414. The molecule has 0 amide bonds. The zero-order valence-electron chi connectivity index (χ0n) is 9.62. The molecule has 6 nitrogen and oxygen atoms in total. The quantitative estimate of drug-likeness (QED) is 0.554. The van der Waals surface area contributed by atoms with E-state index in [9.17, 15) is 10.1 Å². The molecule has 6 heteroatoms. The third kappa shape index (κ3) is 1.46. The number of benzene rings is 1. The Balaban J connectivity index is 2.25. The average molecular weight is 242 g/mol. The Labute approximate surface area is 102 Å². The molecule has 0 spiro atoms. The first-order valence-electron chi connectivity index (χ1n) is 5.41. The molecule has 3 rings (SSSR count). The number of hydrogen-bond acceptors (Lipinski definition) is 3. The van der Waals surface area contributed by atoms with Gasteiger partial charge < -0.3 is 9.55 Å². The normalized spacial score (nSPS) is 10.9. The van der Waals surface area contributed by atoms with Crippen LogP contribution < -0.4 is 0 Å². The van der Waals surface area contributed by atoms with Crippen LogP contribution in [0.4, 0.5) is 5.69 Å². The van der Waals surface area contributed by atoms with Crippen molar-refractivity contribution in [1.29, 1.82) is 0 Å². The number of aromatic amines is 1. The monoisotopic (exact) mass is 242 g/mol. The predicted molar refractivity (Wildman–Crippen MR) is 67.2 cm³/mol. The maximum Gasteiger partial charge on any atom is 0.271 e. The molecular weight excluding hydrogens is 232 g/mol. The number of H-pyrrole nitrogens is 1. The molecule has 18 heavy (non-hydrogen) atoms. The number of hydrogen-bond donors (Lipinski definition) is 1. The molecule has 0 saturated carbocycles. The molecule has 0 unspecified atom stereocenters. The molecule has 1 aromatic carbocycles. The Morgan fingerprint density at radius 3 is 2.89 bits per heavy atom. The number of nitrogens with zero attached hydrogens (tertiary/aromatic N) is 3. The fourth-order valence-electron chi connectivity index (χ4n) is 2.01. The van der Waals surface area contributed by atoms with E-state index in [4.69, 9.17) is 0 Å². The summed E-state index contributed by atoms with van der Waals surface area (Å²) in [6, 6.07) is 8.49. The highest BCUT2D eigenvalue weighted by Crippen LogP contribution is 2.25. The third-order valence-electron chi connectivity index (χ3n) is 2.91. The van der Waals surface area contributed by atoms with E-state index in [2.05, 4.69) is 9.97 Å². The van der Waals surface area contributed by atoms with E-state index >= 15 is 0 Å². The lowest BCUT2D eigenvalue weighted by atomic mass is 10.3. The Bertz CT molecular complexity index is 728. The largest absolute Gasteiger partial charge is 0.359 e.